The van der Waals surface area contributed by atoms with E-state index < -0.39 is 17.7 Å². The normalized spacial score (nSPS) is 10.2. The highest BCUT2D eigenvalue weighted by Crippen LogP contribution is 2.24. The minimum atomic E-state index is -1.12. The van der Waals surface area contributed by atoms with E-state index in [2.05, 4.69) is 26.2 Å². The van der Waals surface area contributed by atoms with Gasteiger partial charge in [-0.15, -0.1) is 0 Å². The Morgan fingerprint density at radius 1 is 1.33 bits per heavy atom. The molecule has 2 aromatic rings. The summed E-state index contributed by atoms with van der Waals surface area (Å²) in [5.74, 6) is -2.16. The topological polar surface area (TPSA) is 79.3 Å². The molecule has 1 amide bonds. The molecule has 0 saturated heterocycles. The Labute approximate surface area is 128 Å². The third-order valence-corrected chi connectivity index (χ3v) is 3.37. The van der Waals surface area contributed by atoms with Crippen LogP contribution in [0.25, 0.3) is 0 Å². The molecule has 2 N–H and O–H groups in total. The molecule has 0 radical (unpaired) electrons. The second-order valence-electron chi connectivity index (χ2n) is 4.27. The zero-order valence-corrected chi connectivity index (χ0v) is 12.4. The highest BCUT2D eigenvalue weighted by atomic mass is 79.9. The number of carboxylic acids is 1. The number of anilines is 1. The largest absolute Gasteiger partial charge is 0.478 e. The highest BCUT2D eigenvalue weighted by molar-refractivity contribution is 9.10. The molecule has 0 aliphatic rings. The summed E-state index contributed by atoms with van der Waals surface area (Å²) in [5.41, 5.74) is 1.03. The first kappa shape index (κ1) is 15.1. The lowest BCUT2D eigenvalue weighted by Gasteiger charge is -2.09. The number of aromatic nitrogens is 1. The quantitative estimate of drug-likeness (QED) is 0.888. The summed E-state index contributed by atoms with van der Waals surface area (Å²) in [6.07, 6.45) is 1.09. The van der Waals surface area contributed by atoms with Gasteiger partial charge in [-0.3, -0.25) is 9.78 Å². The van der Waals surface area contributed by atoms with Gasteiger partial charge in [0.1, 0.15) is 11.5 Å². The molecule has 1 heterocycles. The number of halogens is 2. The summed E-state index contributed by atoms with van der Waals surface area (Å²) < 4.78 is 13.8. The molecule has 21 heavy (non-hydrogen) atoms. The highest BCUT2D eigenvalue weighted by Gasteiger charge is 2.12. The van der Waals surface area contributed by atoms with Gasteiger partial charge in [0.15, 0.2) is 0 Å². The predicted molar refractivity (Wildman–Crippen MR) is 78.0 cm³/mol. The van der Waals surface area contributed by atoms with Crippen LogP contribution in [0.5, 0.6) is 0 Å². The molecule has 0 aliphatic carbocycles. The number of amides is 1. The van der Waals surface area contributed by atoms with Crippen LogP contribution in [-0.4, -0.2) is 22.0 Å². The third-order valence-electron chi connectivity index (χ3n) is 2.76. The maximum Gasteiger partial charge on any atom is 0.337 e. The molecule has 108 valence electrons. The van der Waals surface area contributed by atoms with Gasteiger partial charge < -0.3 is 10.4 Å². The molecule has 0 unspecified atom stereocenters. The molecule has 0 bridgehead atoms. The van der Waals surface area contributed by atoms with Crippen molar-refractivity contribution < 1.29 is 19.1 Å². The molecular weight excluding hydrogens is 343 g/mol. The number of aryl methyl sites for hydroxylation is 1. The van der Waals surface area contributed by atoms with Crippen LogP contribution < -0.4 is 5.32 Å². The summed E-state index contributed by atoms with van der Waals surface area (Å²) in [4.78, 5) is 26.5. The van der Waals surface area contributed by atoms with Crippen LogP contribution in [0.4, 0.5) is 10.1 Å². The van der Waals surface area contributed by atoms with Crippen molar-refractivity contribution >= 4 is 33.5 Å². The number of carbonyl (C=O) groups excluding carboxylic acids is 1. The van der Waals surface area contributed by atoms with Crippen LogP contribution in [0.15, 0.2) is 34.9 Å². The van der Waals surface area contributed by atoms with Crippen molar-refractivity contribution in [1.82, 2.24) is 4.98 Å². The average molecular weight is 353 g/mol. The van der Waals surface area contributed by atoms with Gasteiger partial charge in [0.05, 0.1) is 10.0 Å². The zero-order valence-electron chi connectivity index (χ0n) is 10.9. The summed E-state index contributed by atoms with van der Waals surface area (Å²) in [7, 11) is 0. The van der Waals surface area contributed by atoms with E-state index in [-0.39, 0.29) is 11.3 Å². The fourth-order valence-electron chi connectivity index (χ4n) is 1.62. The number of rotatable bonds is 3. The molecule has 0 saturated carbocycles. The Morgan fingerprint density at radius 2 is 2.05 bits per heavy atom. The lowest BCUT2D eigenvalue weighted by atomic mass is 10.2. The number of benzene rings is 1. The van der Waals surface area contributed by atoms with Crippen LogP contribution >= 0.6 is 15.9 Å². The van der Waals surface area contributed by atoms with E-state index in [0.29, 0.717) is 15.7 Å². The standard InChI is InChI=1S/C14H10BrFN2O3/c1-7-4-9(15)10(16)5-12(7)18-13(19)11-3-2-8(6-17-11)14(20)21/h2-6H,1H3,(H,18,19)(H,20,21). The minimum Gasteiger partial charge on any atom is -0.478 e. The van der Waals surface area contributed by atoms with Gasteiger partial charge in [0.25, 0.3) is 5.91 Å². The smallest absolute Gasteiger partial charge is 0.337 e. The summed E-state index contributed by atoms with van der Waals surface area (Å²) in [6.45, 7) is 1.72. The summed E-state index contributed by atoms with van der Waals surface area (Å²) >= 11 is 3.06. The fourth-order valence-corrected chi connectivity index (χ4v) is 2.08. The van der Waals surface area contributed by atoms with E-state index in [4.69, 9.17) is 5.11 Å². The van der Waals surface area contributed by atoms with Crippen molar-refractivity contribution in [2.24, 2.45) is 0 Å². The van der Waals surface area contributed by atoms with Gasteiger partial charge in [-0.25, -0.2) is 9.18 Å². The maximum absolute atomic E-state index is 13.5. The zero-order chi connectivity index (χ0) is 15.6. The Bertz CT molecular complexity index is 717. The van der Waals surface area contributed by atoms with E-state index in [9.17, 15) is 14.0 Å². The molecule has 1 aromatic carbocycles. The van der Waals surface area contributed by atoms with Crippen LogP contribution in [-0.2, 0) is 0 Å². The van der Waals surface area contributed by atoms with Gasteiger partial charge in [0.2, 0.25) is 0 Å². The lowest BCUT2D eigenvalue weighted by Crippen LogP contribution is -2.15. The molecule has 1 aromatic heterocycles. The molecule has 5 nitrogen and oxygen atoms in total. The van der Waals surface area contributed by atoms with E-state index in [1.165, 1.54) is 18.2 Å². The number of nitrogens with one attached hydrogen (secondary N) is 1. The van der Waals surface area contributed by atoms with Gasteiger partial charge in [-0.1, -0.05) is 0 Å². The number of carboxylic acid groups (broad SMARTS) is 1. The first-order chi connectivity index (χ1) is 9.88. The van der Waals surface area contributed by atoms with Crippen molar-refractivity contribution in [2.75, 3.05) is 5.32 Å². The average Bonchev–Trinajstić information content (AvgIpc) is 2.44. The lowest BCUT2D eigenvalue weighted by molar-refractivity contribution is 0.0696. The first-order valence-electron chi connectivity index (χ1n) is 5.85. The Morgan fingerprint density at radius 3 is 2.62 bits per heavy atom. The molecule has 0 atom stereocenters. The monoisotopic (exact) mass is 352 g/mol. The van der Waals surface area contributed by atoms with Gasteiger partial charge in [-0.05, 0) is 52.7 Å². The van der Waals surface area contributed by atoms with Crippen molar-refractivity contribution in [1.29, 1.82) is 0 Å². The van der Waals surface area contributed by atoms with E-state index in [1.807, 2.05) is 0 Å². The van der Waals surface area contributed by atoms with Crippen molar-refractivity contribution in [2.45, 2.75) is 6.92 Å². The van der Waals surface area contributed by atoms with Crippen molar-refractivity contribution in [3.05, 3.63) is 57.6 Å². The molecular formula is C14H10BrFN2O3. The van der Waals surface area contributed by atoms with Crippen molar-refractivity contribution in [3.63, 3.8) is 0 Å². The predicted octanol–water partition coefficient (Wildman–Crippen LogP) is 3.24. The number of hydrogen-bond donors (Lipinski definition) is 2. The van der Waals surface area contributed by atoms with Crippen LogP contribution in [0.1, 0.15) is 26.4 Å². The SMILES string of the molecule is Cc1cc(Br)c(F)cc1NC(=O)c1ccc(C(=O)O)cn1. The van der Waals surface area contributed by atoms with E-state index >= 15 is 0 Å². The van der Waals surface area contributed by atoms with E-state index in [0.717, 1.165) is 6.20 Å². The van der Waals surface area contributed by atoms with Gasteiger partial charge in [-0.2, -0.15) is 0 Å². The number of aromatic carboxylic acids is 1. The molecule has 2 rings (SSSR count). The number of pyridine rings is 1. The third kappa shape index (κ3) is 3.43. The van der Waals surface area contributed by atoms with Crippen LogP contribution in [0, 0.1) is 12.7 Å². The molecule has 7 heteroatoms. The van der Waals surface area contributed by atoms with Gasteiger partial charge in [0, 0.05) is 11.9 Å². The van der Waals surface area contributed by atoms with E-state index in [1.54, 1.807) is 13.0 Å². The van der Waals surface area contributed by atoms with Crippen molar-refractivity contribution in [3.8, 4) is 0 Å². The second-order valence-corrected chi connectivity index (χ2v) is 5.13. The Hall–Kier alpha value is -2.28. The molecule has 0 aliphatic heterocycles. The second kappa shape index (κ2) is 6.01. The number of hydrogen-bond acceptors (Lipinski definition) is 3. The maximum atomic E-state index is 13.5. The summed E-state index contributed by atoms with van der Waals surface area (Å²) in [5, 5.41) is 11.3. The Balaban J connectivity index is 2.22. The number of nitrogens with zero attached hydrogens (tertiary/aromatic N) is 1. The van der Waals surface area contributed by atoms with Gasteiger partial charge >= 0.3 is 5.97 Å². The fraction of sp³-hybridized carbons (Fsp3) is 0.0714. The summed E-state index contributed by atoms with van der Waals surface area (Å²) in [6, 6.07) is 5.32. The molecule has 0 spiro atoms. The van der Waals surface area contributed by atoms with Crippen LogP contribution in [0.2, 0.25) is 0 Å². The Kier molecular flexibility index (Phi) is 4.32. The number of carbonyl (C=O) groups is 2. The molecule has 0 fully saturated rings. The van der Waals surface area contributed by atoms with Crippen LogP contribution in [0.3, 0.4) is 0 Å². The minimum absolute atomic E-state index is 0.0163. The first-order valence-corrected chi connectivity index (χ1v) is 6.64.